The Kier molecular flexibility index (Phi) is 4.01. The predicted octanol–water partition coefficient (Wildman–Crippen LogP) is 3.11. The smallest absolute Gasteiger partial charge is 0.436 e. The lowest BCUT2D eigenvalue weighted by molar-refractivity contribution is -0.145. The third-order valence-electron chi connectivity index (χ3n) is 2.54. The van der Waals surface area contributed by atoms with Crippen molar-refractivity contribution in [3.63, 3.8) is 0 Å². The topological polar surface area (TPSA) is 64.9 Å². The van der Waals surface area contributed by atoms with E-state index >= 15 is 0 Å². The summed E-state index contributed by atoms with van der Waals surface area (Å²) in [4.78, 5) is 6.72. The molecule has 0 saturated heterocycles. The van der Waals surface area contributed by atoms with Crippen LogP contribution in [0, 0.1) is 0 Å². The number of halogens is 3. The molecule has 2 rings (SSSR count). The van der Waals surface area contributed by atoms with Crippen LogP contribution in [0.2, 0.25) is 0 Å². The van der Waals surface area contributed by atoms with Crippen LogP contribution in [0.1, 0.15) is 25.7 Å². The quantitative estimate of drug-likeness (QED) is 0.940. The van der Waals surface area contributed by atoms with E-state index in [1.165, 1.54) is 19.3 Å². The Labute approximate surface area is 119 Å². The molecule has 0 fully saturated rings. The van der Waals surface area contributed by atoms with Crippen LogP contribution < -0.4 is 10.1 Å². The number of nitrogens with zero attached hydrogens (tertiary/aromatic N) is 4. The number of rotatable bonds is 4. The van der Waals surface area contributed by atoms with Gasteiger partial charge in [0.05, 0.1) is 12.4 Å². The zero-order valence-electron chi connectivity index (χ0n) is 11.6. The van der Waals surface area contributed by atoms with Gasteiger partial charge in [0, 0.05) is 19.2 Å². The lowest BCUT2D eigenvalue weighted by Crippen LogP contribution is -2.12. The fourth-order valence-corrected chi connectivity index (χ4v) is 1.51. The summed E-state index contributed by atoms with van der Waals surface area (Å²) in [6, 6.07) is 1.40. The van der Waals surface area contributed by atoms with Crippen LogP contribution in [0.25, 0.3) is 0 Å². The van der Waals surface area contributed by atoms with E-state index in [-0.39, 0.29) is 17.7 Å². The third-order valence-corrected chi connectivity index (χ3v) is 2.54. The molecule has 0 saturated carbocycles. The van der Waals surface area contributed by atoms with Crippen LogP contribution in [0.5, 0.6) is 11.6 Å². The molecule has 2 aromatic heterocycles. The highest BCUT2D eigenvalue weighted by Gasteiger charge is 2.35. The summed E-state index contributed by atoms with van der Waals surface area (Å²) in [6.07, 6.45) is -1.65. The molecule has 0 aliphatic carbocycles. The molecule has 2 aromatic rings. The maximum Gasteiger partial charge on any atom is 0.451 e. The van der Waals surface area contributed by atoms with Gasteiger partial charge in [-0.2, -0.15) is 23.3 Å². The number of hydrogen-bond donors (Lipinski definition) is 1. The van der Waals surface area contributed by atoms with Crippen LogP contribution in [0.3, 0.4) is 0 Å². The lowest BCUT2D eigenvalue weighted by atomic mass is 10.4. The van der Waals surface area contributed by atoms with Gasteiger partial charge in [-0.3, -0.25) is 4.68 Å². The Hall–Kier alpha value is -2.32. The van der Waals surface area contributed by atoms with Gasteiger partial charge in [0.15, 0.2) is 5.75 Å². The molecule has 0 spiro atoms. The average molecular weight is 301 g/mol. The van der Waals surface area contributed by atoms with Crippen molar-refractivity contribution >= 4 is 5.82 Å². The summed E-state index contributed by atoms with van der Waals surface area (Å²) in [5.74, 6) is -1.15. The maximum absolute atomic E-state index is 12.7. The van der Waals surface area contributed by atoms with Gasteiger partial charge in [-0.05, 0) is 13.8 Å². The number of hydrogen-bond acceptors (Lipinski definition) is 5. The maximum atomic E-state index is 12.7. The zero-order valence-corrected chi connectivity index (χ0v) is 11.6. The van der Waals surface area contributed by atoms with Crippen molar-refractivity contribution in [2.24, 2.45) is 0 Å². The summed E-state index contributed by atoms with van der Waals surface area (Å²) in [6.45, 7) is 3.84. The molecule has 0 radical (unpaired) electrons. The first kappa shape index (κ1) is 15.1. The molecule has 0 bridgehead atoms. The monoisotopic (exact) mass is 301 g/mol. The first-order chi connectivity index (χ1) is 9.79. The van der Waals surface area contributed by atoms with E-state index in [9.17, 15) is 13.2 Å². The first-order valence-corrected chi connectivity index (χ1v) is 6.15. The molecule has 0 unspecified atom stereocenters. The van der Waals surface area contributed by atoms with Crippen molar-refractivity contribution in [3.8, 4) is 11.6 Å². The van der Waals surface area contributed by atoms with Gasteiger partial charge >= 0.3 is 6.18 Å². The highest BCUT2D eigenvalue weighted by atomic mass is 19.4. The van der Waals surface area contributed by atoms with Crippen LogP contribution in [0.15, 0.2) is 18.5 Å². The van der Waals surface area contributed by atoms with Gasteiger partial charge in [-0.15, -0.1) is 0 Å². The molecule has 0 aromatic carbocycles. The molecule has 0 atom stereocenters. The van der Waals surface area contributed by atoms with Crippen molar-refractivity contribution in [1.82, 2.24) is 19.7 Å². The Bertz CT molecular complexity index is 624. The van der Waals surface area contributed by atoms with Crippen LogP contribution in [-0.2, 0) is 6.18 Å². The second-order valence-corrected chi connectivity index (χ2v) is 4.51. The van der Waals surface area contributed by atoms with Gasteiger partial charge in [-0.1, -0.05) is 0 Å². The second-order valence-electron chi connectivity index (χ2n) is 4.51. The number of nitrogens with one attached hydrogen (secondary N) is 1. The fourth-order valence-electron chi connectivity index (χ4n) is 1.51. The molecule has 0 amide bonds. The van der Waals surface area contributed by atoms with Gasteiger partial charge < -0.3 is 10.1 Å². The summed E-state index contributed by atoms with van der Waals surface area (Å²) in [5, 5.41) is 6.57. The summed E-state index contributed by atoms with van der Waals surface area (Å²) < 4.78 is 45.1. The molecule has 114 valence electrons. The standard InChI is InChI=1S/C12H14F3N5O/c1-7(2)20-6-8(5-17-20)21-10-4-9(16-3)18-11(19-10)12(13,14)15/h4-7H,1-3H3,(H,16,18,19). The number of aromatic nitrogens is 4. The van der Waals surface area contributed by atoms with Gasteiger partial charge in [0.2, 0.25) is 11.7 Å². The second kappa shape index (κ2) is 5.58. The minimum absolute atomic E-state index is 0.0172. The normalized spacial score (nSPS) is 11.8. The molecular weight excluding hydrogens is 287 g/mol. The van der Waals surface area contributed by atoms with E-state index in [1.54, 1.807) is 10.9 Å². The molecule has 2 heterocycles. The molecule has 21 heavy (non-hydrogen) atoms. The number of alkyl halides is 3. The fraction of sp³-hybridized carbons (Fsp3) is 0.417. The van der Waals surface area contributed by atoms with Crippen molar-refractivity contribution in [1.29, 1.82) is 0 Å². The number of anilines is 1. The van der Waals surface area contributed by atoms with E-state index in [4.69, 9.17) is 4.74 Å². The van der Waals surface area contributed by atoms with E-state index < -0.39 is 12.0 Å². The van der Waals surface area contributed by atoms with Crippen LogP contribution in [-0.4, -0.2) is 26.8 Å². The molecule has 0 aliphatic rings. The summed E-state index contributed by atoms with van der Waals surface area (Å²) in [5.41, 5.74) is 0. The van der Waals surface area contributed by atoms with Crippen molar-refractivity contribution < 1.29 is 17.9 Å². The summed E-state index contributed by atoms with van der Waals surface area (Å²) >= 11 is 0. The lowest BCUT2D eigenvalue weighted by Gasteiger charge is -2.09. The molecule has 6 nitrogen and oxygen atoms in total. The van der Waals surface area contributed by atoms with Crippen LogP contribution in [0.4, 0.5) is 19.0 Å². The van der Waals surface area contributed by atoms with E-state index in [2.05, 4.69) is 20.4 Å². The summed E-state index contributed by atoms with van der Waals surface area (Å²) in [7, 11) is 1.46. The Morgan fingerprint density at radius 3 is 2.52 bits per heavy atom. The Morgan fingerprint density at radius 2 is 2.00 bits per heavy atom. The van der Waals surface area contributed by atoms with Crippen LogP contribution >= 0.6 is 0 Å². The van der Waals surface area contributed by atoms with E-state index in [0.717, 1.165) is 0 Å². The van der Waals surface area contributed by atoms with Crippen molar-refractivity contribution in [2.45, 2.75) is 26.1 Å². The highest BCUT2D eigenvalue weighted by molar-refractivity contribution is 5.39. The Morgan fingerprint density at radius 1 is 1.29 bits per heavy atom. The largest absolute Gasteiger partial charge is 0.451 e. The first-order valence-electron chi connectivity index (χ1n) is 6.15. The predicted molar refractivity (Wildman–Crippen MR) is 69.3 cm³/mol. The molecule has 0 aliphatic heterocycles. The van der Waals surface area contributed by atoms with Gasteiger partial charge in [-0.25, -0.2) is 4.98 Å². The van der Waals surface area contributed by atoms with Gasteiger partial charge in [0.25, 0.3) is 0 Å². The molecular formula is C12H14F3N5O. The molecule has 1 N–H and O–H groups in total. The third kappa shape index (κ3) is 3.61. The minimum Gasteiger partial charge on any atom is -0.436 e. The minimum atomic E-state index is -4.65. The Balaban J connectivity index is 2.30. The zero-order chi connectivity index (χ0) is 15.6. The average Bonchev–Trinajstić information content (AvgIpc) is 2.86. The van der Waals surface area contributed by atoms with Crippen molar-refractivity contribution in [2.75, 3.05) is 12.4 Å². The van der Waals surface area contributed by atoms with E-state index in [0.29, 0.717) is 5.75 Å². The number of ether oxygens (including phenoxy) is 1. The van der Waals surface area contributed by atoms with Gasteiger partial charge in [0.1, 0.15) is 5.82 Å². The van der Waals surface area contributed by atoms with Crippen molar-refractivity contribution in [3.05, 3.63) is 24.3 Å². The SMILES string of the molecule is CNc1cc(Oc2cnn(C(C)C)c2)nc(C(F)(F)F)n1. The van der Waals surface area contributed by atoms with E-state index in [1.807, 2.05) is 13.8 Å². The highest BCUT2D eigenvalue weighted by Crippen LogP contribution is 2.30. The molecule has 9 heteroatoms.